The minimum atomic E-state index is -0.379. The van der Waals surface area contributed by atoms with E-state index in [1.165, 1.54) is 16.9 Å². The van der Waals surface area contributed by atoms with E-state index < -0.39 is 0 Å². The Bertz CT molecular complexity index is 1150. The first-order chi connectivity index (χ1) is 14.6. The molecular weight excluding hydrogens is 402 g/mol. The molecule has 1 aliphatic heterocycles. The normalized spacial score (nSPS) is 17.3. The number of nitro groups is 1. The van der Waals surface area contributed by atoms with E-state index in [0.29, 0.717) is 6.54 Å². The van der Waals surface area contributed by atoms with Gasteiger partial charge in [-0.2, -0.15) is 0 Å². The van der Waals surface area contributed by atoms with Crippen LogP contribution in [0.15, 0.2) is 29.1 Å². The Morgan fingerprint density at radius 1 is 1.10 bits per heavy atom. The summed E-state index contributed by atoms with van der Waals surface area (Å²) in [7, 11) is 0. The van der Waals surface area contributed by atoms with Gasteiger partial charge in [0.2, 0.25) is 0 Å². The number of piperazine rings is 1. The lowest BCUT2D eigenvalue weighted by atomic mass is 9.97. The van der Waals surface area contributed by atoms with E-state index in [4.69, 9.17) is 4.98 Å². The predicted molar refractivity (Wildman–Crippen MR) is 117 cm³/mol. The van der Waals surface area contributed by atoms with Crippen molar-refractivity contribution in [1.82, 2.24) is 14.9 Å². The predicted octanol–water partition coefficient (Wildman–Crippen LogP) is 3.09. The number of thiophene rings is 1. The Hall–Kier alpha value is -2.78. The largest absolute Gasteiger partial charge is 0.369 e. The monoisotopic (exact) mass is 425 g/mol. The number of nitro benzene ring substituents is 1. The van der Waals surface area contributed by atoms with Crippen LogP contribution >= 0.6 is 11.3 Å². The molecule has 0 bridgehead atoms. The summed E-state index contributed by atoms with van der Waals surface area (Å²) in [4.78, 5) is 37.7. The van der Waals surface area contributed by atoms with Crippen molar-refractivity contribution in [3.8, 4) is 0 Å². The molecular formula is C21H23N5O3S. The van der Waals surface area contributed by atoms with Crippen LogP contribution in [0.5, 0.6) is 0 Å². The van der Waals surface area contributed by atoms with Crippen LogP contribution in [0.2, 0.25) is 0 Å². The average molecular weight is 426 g/mol. The number of fused-ring (bicyclic) bond motifs is 3. The number of benzene rings is 1. The van der Waals surface area contributed by atoms with Crippen LogP contribution in [0.4, 0.5) is 11.4 Å². The molecule has 1 N–H and O–H groups in total. The van der Waals surface area contributed by atoms with Crippen LogP contribution in [0.3, 0.4) is 0 Å². The Morgan fingerprint density at radius 3 is 2.57 bits per heavy atom. The highest BCUT2D eigenvalue weighted by atomic mass is 32.1. The van der Waals surface area contributed by atoms with Crippen LogP contribution in [0, 0.1) is 10.1 Å². The van der Waals surface area contributed by atoms with Gasteiger partial charge in [0.1, 0.15) is 10.7 Å². The molecule has 3 heterocycles. The van der Waals surface area contributed by atoms with Gasteiger partial charge in [0, 0.05) is 48.9 Å². The highest BCUT2D eigenvalue weighted by molar-refractivity contribution is 7.18. The summed E-state index contributed by atoms with van der Waals surface area (Å²) in [5.41, 5.74) is 2.33. The standard InChI is InChI=1S/C21H23N5O3S/c27-20-19-16-3-1-2-4-17(16)30-21(19)23-18(22-20)13-24-9-11-25(12-10-24)14-5-7-15(8-6-14)26(28)29/h5-8H,1-4,9-13H2,(H,22,23,27). The van der Waals surface area contributed by atoms with Crippen LogP contribution in [0.1, 0.15) is 29.1 Å². The third-order valence-corrected chi connectivity index (χ3v) is 7.23. The summed E-state index contributed by atoms with van der Waals surface area (Å²) in [6, 6.07) is 6.71. The van der Waals surface area contributed by atoms with Gasteiger partial charge in [-0.25, -0.2) is 4.98 Å². The van der Waals surface area contributed by atoms with Gasteiger partial charge in [-0.15, -0.1) is 11.3 Å². The molecule has 156 valence electrons. The van der Waals surface area contributed by atoms with Crippen molar-refractivity contribution in [2.24, 2.45) is 0 Å². The first kappa shape index (κ1) is 19.2. The van der Waals surface area contributed by atoms with Crippen molar-refractivity contribution >= 4 is 32.9 Å². The van der Waals surface area contributed by atoms with Crippen molar-refractivity contribution in [1.29, 1.82) is 0 Å². The summed E-state index contributed by atoms with van der Waals surface area (Å²) < 4.78 is 0. The lowest BCUT2D eigenvalue weighted by Crippen LogP contribution is -2.46. The zero-order chi connectivity index (χ0) is 20.7. The molecule has 1 saturated heterocycles. The molecule has 0 amide bonds. The second-order valence-electron chi connectivity index (χ2n) is 7.94. The van der Waals surface area contributed by atoms with Gasteiger partial charge in [0.15, 0.2) is 0 Å². The summed E-state index contributed by atoms with van der Waals surface area (Å²) in [5, 5.41) is 11.6. The maximum Gasteiger partial charge on any atom is 0.269 e. The summed E-state index contributed by atoms with van der Waals surface area (Å²) >= 11 is 1.69. The zero-order valence-corrected chi connectivity index (χ0v) is 17.4. The Labute approximate surface area is 177 Å². The lowest BCUT2D eigenvalue weighted by Gasteiger charge is -2.35. The topological polar surface area (TPSA) is 95.4 Å². The molecule has 1 aromatic carbocycles. The second kappa shape index (κ2) is 7.81. The van der Waals surface area contributed by atoms with E-state index >= 15 is 0 Å². The zero-order valence-electron chi connectivity index (χ0n) is 16.6. The van der Waals surface area contributed by atoms with E-state index in [1.807, 2.05) is 0 Å². The molecule has 0 radical (unpaired) electrons. The molecule has 0 saturated carbocycles. The van der Waals surface area contributed by atoms with Crippen LogP contribution in [0.25, 0.3) is 10.2 Å². The molecule has 0 unspecified atom stereocenters. The molecule has 5 rings (SSSR count). The van der Waals surface area contributed by atoms with Crippen LogP contribution in [-0.2, 0) is 19.4 Å². The van der Waals surface area contributed by atoms with Crippen molar-refractivity contribution in [2.75, 3.05) is 31.1 Å². The Balaban J connectivity index is 1.27. The number of H-pyrrole nitrogens is 1. The van der Waals surface area contributed by atoms with Gasteiger partial charge in [-0.3, -0.25) is 19.8 Å². The molecule has 1 fully saturated rings. The van der Waals surface area contributed by atoms with Crippen molar-refractivity contribution < 1.29 is 4.92 Å². The third-order valence-electron chi connectivity index (χ3n) is 6.05. The first-order valence-electron chi connectivity index (χ1n) is 10.3. The maximum atomic E-state index is 12.7. The van der Waals surface area contributed by atoms with Gasteiger partial charge in [0.05, 0.1) is 16.9 Å². The lowest BCUT2D eigenvalue weighted by molar-refractivity contribution is -0.384. The Morgan fingerprint density at radius 2 is 1.83 bits per heavy atom. The van der Waals surface area contributed by atoms with Crippen molar-refractivity contribution in [3.05, 3.63) is 61.0 Å². The number of nitrogens with zero attached hydrogens (tertiary/aromatic N) is 4. The minimum absolute atomic E-state index is 0.00100. The van der Waals surface area contributed by atoms with Gasteiger partial charge in [-0.05, 0) is 43.4 Å². The van der Waals surface area contributed by atoms with Crippen molar-refractivity contribution in [2.45, 2.75) is 32.2 Å². The fourth-order valence-electron chi connectivity index (χ4n) is 4.44. The molecule has 8 nitrogen and oxygen atoms in total. The fraction of sp³-hybridized carbons (Fsp3) is 0.429. The van der Waals surface area contributed by atoms with Crippen LogP contribution in [-0.4, -0.2) is 46.0 Å². The summed E-state index contributed by atoms with van der Waals surface area (Å²) in [5.74, 6) is 0.731. The fourth-order valence-corrected chi connectivity index (χ4v) is 5.73. The van der Waals surface area contributed by atoms with Gasteiger partial charge in [-0.1, -0.05) is 0 Å². The average Bonchev–Trinajstić information content (AvgIpc) is 3.13. The SMILES string of the molecule is O=c1[nH]c(CN2CCN(c3ccc([N+](=O)[O-])cc3)CC2)nc2sc3c(c12)CCCC3. The highest BCUT2D eigenvalue weighted by Crippen LogP contribution is 2.33. The van der Waals surface area contributed by atoms with Gasteiger partial charge < -0.3 is 9.88 Å². The molecule has 0 atom stereocenters. The summed E-state index contributed by atoms with van der Waals surface area (Å²) in [6.07, 6.45) is 4.41. The quantitative estimate of drug-likeness (QED) is 0.510. The molecule has 2 aliphatic rings. The number of non-ortho nitro benzene ring substituents is 1. The maximum absolute atomic E-state index is 12.7. The Kier molecular flexibility index (Phi) is 5.00. The first-order valence-corrected chi connectivity index (χ1v) is 11.2. The highest BCUT2D eigenvalue weighted by Gasteiger charge is 2.22. The van der Waals surface area contributed by atoms with Crippen LogP contribution < -0.4 is 10.5 Å². The van der Waals surface area contributed by atoms with E-state index in [0.717, 1.165) is 67.2 Å². The second-order valence-corrected chi connectivity index (χ2v) is 9.02. The molecule has 3 aromatic rings. The number of hydrogen-bond donors (Lipinski definition) is 1. The van der Waals surface area contributed by atoms with Gasteiger partial charge >= 0.3 is 0 Å². The molecule has 2 aromatic heterocycles. The van der Waals surface area contributed by atoms with E-state index in [1.54, 1.807) is 35.6 Å². The molecule has 9 heteroatoms. The third kappa shape index (κ3) is 3.59. The number of aromatic amines is 1. The number of anilines is 1. The van der Waals surface area contributed by atoms with Gasteiger partial charge in [0.25, 0.3) is 11.2 Å². The number of aryl methyl sites for hydroxylation is 2. The van der Waals surface area contributed by atoms with E-state index in [-0.39, 0.29) is 16.2 Å². The van der Waals surface area contributed by atoms with Crippen molar-refractivity contribution in [3.63, 3.8) is 0 Å². The number of rotatable bonds is 4. The van der Waals surface area contributed by atoms with E-state index in [2.05, 4.69) is 14.8 Å². The smallest absolute Gasteiger partial charge is 0.269 e. The number of nitrogens with one attached hydrogen (secondary N) is 1. The number of aromatic nitrogens is 2. The molecule has 1 aliphatic carbocycles. The molecule has 0 spiro atoms. The minimum Gasteiger partial charge on any atom is -0.369 e. The molecule has 30 heavy (non-hydrogen) atoms. The summed E-state index contributed by atoms with van der Waals surface area (Å²) in [6.45, 7) is 3.98. The van der Waals surface area contributed by atoms with E-state index in [9.17, 15) is 14.9 Å². The number of hydrogen-bond acceptors (Lipinski definition) is 7.